The third-order valence-electron chi connectivity index (χ3n) is 3.42. The van der Waals surface area contributed by atoms with E-state index in [2.05, 4.69) is 48.5 Å². The summed E-state index contributed by atoms with van der Waals surface area (Å²) in [5, 5.41) is 8.99. The predicted molar refractivity (Wildman–Crippen MR) is 78.4 cm³/mol. The predicted octanol–water partition coefficient (Wildman–Crippen LogP) is 4.02. The van der Waals surface area contributed by atoms with E-state index in [0.717, 1.165) is 5.69 Å². The maximum Gasteiger partial charge on any atom is 0.336 e. The van der Waals surface area contributed by atoms with Gasteiger partial charge in [-0.1, -0.05) is 20.8 Å². The summed E-state index contributed by atoms with van der Waals surface area (Å²) in [6.45, 7) is 8.73. The van der Waals surface area contributed by atoms with E-state index in [1.165, 1.54) is 0 Å². The van der Waals surface area contributed by atoms with Crippen LogP contribution in [-0.4, -0.2) is 24.2 Å². The summed E-state index contributed by atoms with van der Waals surface area (Å²) in [5.74, 6) is -0.917. The first-order valence-electron chi connectivity index (χ1n) is 5.90. The molecule has 1 rings (SSSR count). The van der Waals surface area contributed by atoms with Gasteiger partial charge in [0.05, 0.1) is 5.56 Å². The van der Waals surface area contributed by atoms with E-state index >= 15 is 0 Å². The number of rotatable bonds is 3. The maximum atomic E-state index is 11.0. The Bertz CT molecular complexity index is 452. The van der Waals surface area contributed by atoms with Crippen molar-refractivity contribution in [2.24, 2.45) is 5.41 Å². The van der Waals surface area contributed by atoms with Crippen LogP contribution in [0.25, 0.3) is 0 Å². The number of carbonyl (C=O) groups is 1. The molecule has 1 atom stereocenters. The SMILES string of the molecule is CC(N(C)c1ccc(C(=O)O)c(Br)c1)C(C)(C)C. The zero-order valence-electron chi connectivity index (χ0n) is 11.5. The first-order chi connectivity index (χ1) is 8.14. The number of halogens is 1. The van der Waals surface area contributed by atoms with E-state index in [1.54, 1.807) is 6.07 Å². The molecule has 0 saturated carbocycles. The summed E-state index contributed by atoms with van der Waals surface area (Å²) in [7, 11) is 2.03. The van der Waals surface area contributed by atoms with Crippen LogP contribution in [0, 0.1) is 5.41 Å². The number of hydrogen-bond donors (Lipinski definition) is 1. The summed E-state index contributed by atoms with van der Waals surface area (Å²) >= 11 is 3.31. The van der Waals surface area contributed by atoms with Crippen molar-refractivity contribution in [1.82, 2.24) is 0 Å². The fraction of sp³-hybridized carbons (Fsp3) is 0.500. The average Bonchev–Trinajstić information content (AvgIpc) is 2.25. The molecule has 18 heavy (non-hydrogen) atoms. The van der Waals surface area contributed by atoms with Gasteiger partial charge < -0.3 is 10.0 Å². The lowest BCUT2D eigenvalue weighted by atomic mass is 9.87. The zero-order chi connectivity index (χ0) is 14.1. The number of carboxylic acid groups (broad SMARTS) is 1. The van der Waals surface area contributed by atoms with Crippen LogP contribution in [0.15, 0.2) is 22.7 Å². The molecule has 0 saturated heterocycles. The molecule has 0 aromatic heterocycles. The highest BCUT2D eigenvalue weighted by Gasteiger charge is 2.24. The molecule has 1 aromatic rings. The number of nitrogens with zero attached hydrogens (tertiary/aromatic N) is 1. The molecular weight excluding hydrogens is 294 g/mol. The van der Waals surface area contributed by atoms with Gasteiger partial charge in [-0.3, -0.25) is 0 Å². The molecule has 1 aromatic carbocycles. The number of carboxylic acids is 1. The quantitative estimate of drug-likeness (QED) is 0.916. The second kappa shape index (κ2) is 5.31. The van der Waals surface area contributed by atoms with Gasteiger partial charge in [0.1, 0.15) is 0 Å². The normalized spacial score (nSPS) is 13.2. The molecule has 0 bridgehead atoms. The minimum atomic E-state index is -0.917. The standard InChI is InChI=1S/C14H20BrNO2/c1-9(14(2,3)4)16(5)10-6-7-11(13(17)18)12(15)8-10/h6-9H,1-5H3,(H,17,18). The molecule has 0 spiro atoms. The van der Waals surface area contributed by atoms with E-state index in [9.17, 15) is 4.79 Å². The Balaban J connectivity index is 3.05. The largest absolute Gasteiger partial charge is 0.478 e. The van der Waals surface area contributed by atoms with Crippen LogP contribution in [0.2, 0.25) is 0 Å². The maximum absolute atomic E-state index is 11.0. The molecule has 0 fully saturated rings. The van der Waals surface area contributed by atoms with E-state index in [4.69, 9.17) is 5.11 Å². The van der Waals surface area contributed by atoms with E-state index < -0.39 is 5.97 Å². The lowest BCUT2D eigenvalue weighted by Gasteiger charge is -2.37. The molecule has 3 nitrogen and oxygen atoms in total. The molecular formula is C14H20BrNO2. The van der Waals surface area contributed by atoms with Crippen molar-refractivity contribution in [2.75, 3.05) is 11.9 Å². The number of anilines is 1. The molecule has 0 amide bonds. The van der Waals surface area contributed by atoms with Crippen molar-refractivity contribution in [2.45, 2.75) is 33.7 Å². The highest BCUT2D eigenvalue weighted by Crippen LogP contribution is 2.30. The van der Waals surface area contributed by atoms with Crippen molar-refractivity contribution in [1.29, 1.82) is 0 Å². The topological polar surface area (TPSA) is 40.5 Å². The Morgan fingerprint density at radius 2 is 1.94 bits per heavy atom. The lowest BCUT2D eigenvalue weighted by Crippen LogP contribution is -2.39. The third kappa shape index (κ3) is 3.25. The summed E-state index contributed by atoms with van der Waals surface area (Å²) < 4.78 is 0.612. The van der Waals surface area contributed by atoms with Gasteiger partial charge in [0.15, 0.2) is 0 Å². The molecule has 1 N–H and O–H groups in total. The first kappa shape index (κ1) is 15.0. The van der Waals surface area contributed by atoms with Crippen LogP contribution in [0.3, 0.4) is 0 Å². The highest BCUT2D eigenvalue weighted by atomic mass is 79.9. The Morgan fingerprint density at radius 3 is 2.33 bits per heavy atom. The fourth-order valence-corrected chi connectivity index (χ4v) is 2.24. The summed E-state index contributed by atoms with van der Waals surface area (Å²) in [6, 6.07) is 5.68. The second-order valence-corrected chi connectivity index (χ2v) is 6.48. The summed E-state index contributed by atoms with van der Waals surface area (Å²) in [5.41, 5.74) is 1.46. The molecule has 0 aliphatic heterocycles. The summed E-state index contributed by atoms with van der Waals surface area (Å²) in [6.07, 6.45) is 0. The van der Waals surface area contributed by atoms with Crippen LogP contribution < -0.4 is 4.90 Å². The van der Waals surface area contributed by atoms with Crippen LogP contribution in [-0.2, 0) is 0 Å². The minimum Gasteiger partial charge on any atom is -0.478 e. The van der Waals surface area contributed by atoms with Gasteiger partial charge in [0, 0.05) is 23.2 Å². The van der Waals surface area contributed by atoms with Gasteiger partial charge >= 0.3 is 5.97 Å². The van der Waals surface area contributed by atoms with Crippen molar-refractivity contribution in [3.05, 3.63) is 28.2 Å². The molecule has 1 unspecified atom stereocenters. The van der Waals surface area contributed by atoms with E-state index in [-0.39, 0.29) is 11.0 Å². The number of benzene rings is 1. The molecule has 0 radical (unpaired) electrons. The van der Waals surface area contributed by atoms with Crippen molar-refractivity contribution >= 4 is 27.6 Å². The van der Waals surface area contributed by atoms with Crippen molar-refractivity contribution in [3.63, 3.8) is 0 Å². The Morgan fingerprint density at radius 1 is 1.39 bits per heavy atom. The molecule has 100 valence electrons. The third-order valence-corrected chi connectivity index (χ3v) is 4.08. The lowest BCUT2D eigenvalue weighted by molar-refractivity contribution is 0.0696. The average molecular weight is 314 g/mol. The van der Waals surface area contributed by atoms with Crippen LogP contribution >= 0.6 is 15.9 Å². The van der Waals surface area contributed by atoms with E-state index in [1.807, 2.05) is 19.2 Å². The highest BCUT2D eigenvalue weighted by molar-refractivity contribution is 9.10. The molecule has 0 aliphatic rings. The van der Waals surface area contributed by atoms with Gasteiger partial charge in [0.25, 0.3) is 0 Å². The number of hydrogen-bond acceptors (Lipinski definition) is 2. The van der Waals surface area contributed by atoms with E-state index in [0.29, 0.717) is 10.5 Å². The molecule has 0 aliphatic carbocycles. The van der Waals surface area contributed by atoms with Gasteiger partial charge in [0.2, 0.25) is 0 Å². The minimum absolute atomic E-state index is 0.159. The van der Waals surface area contributed by atoms with Gasteiger partial charge in [-0.05, 0) is 46.5 Å². The number of aromatic carboxylic acids is 1. The van der Waals surface area contributed by atoms with Gasteiger partial charge in [-0.2, -0.15) is 0 Å². The van der Waals surface area contributed by atoms with Crippen molar-refractivity contribution in [3.8, 4) is 0 Å². The monoisotopic (exact) mass is 313 g/mol. The van der Waals surface area contributed by atoms with Crippen LogP contribution in [0.1, 0.15) is 38.1 Å². The first-order valence-corrected chi connectivity index (χ1v) is 6.69. The van der Waals surface area contributed by atoms with Crippen LogP contribution in [0.5, 0.6) is 0 Å². The summed E-state index contributed by atoms with van der Waals surface area (Å²) in [4.78, 5) is 13.1. The van der Waals surface area contributed by atoms with Gasteiger partial charge in [-0.15, -0.1) is 0 Å². The smallest absolute Gasteiger partial charge is 0.336 e. The second-order valence-electron chi connectivity index (χ2n) is 5.62. The van der Waals surface area contributed by atoms with Crippen molar-refractivity contribution < 1.29 is 9.90 Å². The van der Waals surface area contributed by atoms with Gasteiger partial charge in [-0.25, -0.2) is 4.79 Å². The Kier molecular flexibility index (Phi) is 4.43. The molecule has 4 heteroatoms. The Hall–Kier alpha value is -1.03. The van der Waals surface area contributed by atoms with Crippen LogP contribution in [0.4, 0.5) is 5.69 Å². The molecule has 0 heterocycles. The zero-order valence-corrected chi connectivity index (χ0v) is 13.1. The fourth-order valence-electron chi connectivity index (χ4n) is 1.70. The Labute approximate surface area is 117 Å².